The molecule has 1 atom stereocenters. The highest BCUT2D eigenvalue weighted by Gasteiger charge is 2.30. The number of carbonyl (C=O) groups excluding carboxylic acids is 2. The lowest BCUT2D eigenvalue weighted by Crippen LogP contribution is -2.53. The molecule has 1 aromatic heterocycles. The Morgan fingerprint density at radius 2 is 1.97 bits per heavy atom. The van der Waals surface area contributed by atoms with Gasteiger partial charge in [-0.15, -0.1) is 10.2 Å². The lowest BCUT2D eigenvalue weighted by atomic mass is 10.2. The van der Waals surface area contributed by atoms with E-state index in [4.69, 9.17) is 28.9 Å². The fourth-order valence-corrected chi connectivity index (χ4v) is 4.30. The van der Waals surface area contributed by atoms with E-state index in [9.17, 15) is 9.59 Å². The summed E-state index contributed by atoms with van der Waals surface area (Å²) in [5, 5.41) is 15.4. The van der Waals surface area contributed by atoms with Crippen molar-refractivity contribution in [3.05, 3.63) is 39.5 Å². The van der Waals surface area contributed by atoms with Gasteiger partial charge in [0.2, 0.25) is 11.9 Å². The molecule has 0 spiro atoms. The van der Waals surface area contributed by atoms with Gasteiger partial charge in [0.15, 0.2) is 11.5 Å². The predicted octanol–water partition coefficient (Wildman–Crippen LogP) is 1.29. The first-order valence-corrected chi connectivity index (χ1v) is 11.2. The van der Waals surface area contributed by atoms with Gasteiger partial charge in [0.1, 0.15) is 0 Å². The van der Waals surface area contributed by atoms with Gasteiger partial charge in [0.05, 0.1) is 6.04 Å². The van der Waals surface area contributed by atoms with Gasteiger partial charge in [-0.3, -0.25) is 9.59 Å². The van der Waals surface area contributed by atoms with Gasteiger partial charge in [-0.2, -0.15) is 4.98 Å². The minimum atomic E-state index is -0.735. The van der Waals surface area contributed by atoms with Gasteiger partial charge in [0, 0.05) is 42.8 Å². The van der Waals surface area contributed by atoms with Crippen LogP contribution in [0.5, 0.6) is 0 Å². The van der Waals surface area contributed by atoms with Gasteiger partial charge >= 0.3 is 0 Å². The van der Waals surface area contributed by atoms with Crippen molar-refractivity contribution in [3.8, 4) is 0 Å². The van der Waals surface area contributed by atoms with E-state index in [0.717, 1.165) is 24.9 Å². The summed E-state index contributed by atoms with van der Waals surface area (Å²) in [7, 11) is 0. The number of anilines is 2. The first-order valence-electron chi connectivity index (χ1n) is 10.4. The van der Waals surface area contributed by atoms with Crippen LogP contribution in [-0.4, -0.2) is 70.7 Å². The monoisotopic (exact) mass is 478 g/mol. The molecular formula is C20H24Cl2N8O2. The fraction of sp³-hybridized carbons (Fsp3) is 0.450. The number of primary amides is 1. The lowest BCUT2D eigenvalue weighted by molar-refractivity contribution is -0.133. The molecule has 2 aliphatic heterocycles. The van der Waals surface area contributed by atoms with Crippen LogP contribution < -0.4 is 21.3 Å². The molecule has 0 saturated carbocycles. The number of amides is 2. The number of hydrogen-bond donors (Lipinski definition) is 3. The van der Waals surface area contributed by atoms with Crippen molar-refractivity contribution < 1.29 is 9.59 Å². The first kappa shape index (κ1) is 22.5. The van der Waals surface area contributed by atoms with Crippen LogP contribution in [0.4, 0.5) is 11.8 Å². The van der Waals surface area contributed by atoms with Crippen molar-refractivity contribution in [2.75, 3.05) is 42.9 Å². The van der Waals surface area contributed by atoms with E-state index in [2.05, 4.69) is 25.8 Å². The summed E-state index contributed by atoms with van der Waals surface area (Å²) in [5.74, 6) is 0.00109. The number of nitrogens with zero attached hydrogens (tertiary/aromatic N) is 5. The zero-order valence-electron chi connectivity index (χ0n) is 17.4. The smallest absolute Gasteiger partial charge is 0.273 e. The van der Waals surface area contributed by atoms with Crippen molar-refractivity contribution in [3.63, 3.8) is 0 Å². The summed E-state index contributed by atoms with van der Waals surface area (Å²) in [4.78, 5) is 32.7. The zero-order chi connectivity index (χ0) is 22.7. The molecule has 4 N–H and O–H groups in total. The van der Waals surface area contributed by atoms with Crippen molar-refractivity contribution >= 4 is 46.8 Å². The third-order valence-corrected chi connectivity index (χ3v) is 6.19. The topological polar surface area (TPSA) is 129 Å². The molecule has 32 heavy (non-hydrogen) atoms. The molecule has 0 radical (unpaired) electrons. The Morgan fingerprint density at radius 3 is 2.62 bits per heavy atom. The molecular weight excluding hydrogens is 455 g/mol. The van der Waals surface area contributed by atoms with Crippen LogP contribution >= 0.6 is 23.2 Å². The number of benzene rings is 1. The van der Waals surface area contributed by atoms with E-state index in [1.165, 1.54) is 0 Å². The Morgan fingerprint density at radius 1 is 1.19 bits per heavy atom. The molecule has 0 unspecified atom stereocenters. The third kappa shape index (κ3) is 5.03. The molecule has 10 nitrogen and oxygen atoms in total. The standard InChI is InChI=1S/C20H24Cl2N8O2/c21-13-4-3-12(14(22)10-13)11-25-18-16(17(23)31)27-28-20(26-18)30-8-6-29(7-9-30)19(32)15-2-1-5-24-15/h3-4,10,15,24H,1-2,5-9,11H2,(H2,23,31)(H,25,26,28)/t15-/m1/s1. The van der Waals surface area contributed by atoms with E-state index < -0.39 is 5.91 Å². The van der Waals surface area contributed by atoms with Gasteiger partial charge in [-0.1, -0.05) is 29.3 Å². The third-order valence-electron chi connectivity index (χ3n) is 5.60. The highest BCUT2D eigenvalue weighted by molar-refractivity contribution is 6.35. The maximum absolute atomic E-state index is 12.6. The Hall–Kier alpha value is -2.69. The van der Waals surface area contributed by atoms with E-state index in [0.29, 0.717) is 48.7 Å². The second-order valence-corrected chi connectivity index (χ2v) is 8.57. The average Bonchev–Trinajstić information content (AvgIpc) is 3.33. The maximum atomic E-state index is 12.6. The summed E-state index contributed by atoms with van der Waals surface area (Å²) in [6, 6.07) is 5.07. The summed E-state index contributed by atoms with van der Waals surface area (Å²) in [6.45, 7) is 3.46. The van der Waals surface area contributed by atoms with E-state index in [1.54, 1.807) is 18.2 Å². The van der Waals surface area contributed by atoms with Crippen molar-refractivity contribution in [2.24, 2.45) is 5.73 Å². The quantitative estimate of drug-likeness (QED) is 0.566. The van der Waals surface area contributed by atoms with Gasteiger partial charge in [0.25, 0.3) is 5.91 Å². The number of halogens is 2. The molecule has 12 heteroatoms. The predicted molar refractivity (Wildman–Crippen MR) is 122 cm³/mol. The van der Waals surface area contributed by atoms with E-state index >= 15 is 0 Å². The summed E-state index contributed by atoms with van der Waals surface area (Å²) < 4.78 is 0. The highest BCUT2D eigenvalue weighted by Crippen LogP contribution is 2.23. The lowest BCUT2D eigenvalue weighted by Gasteiger charge is -2.35. The first-order chi connectivity index (χ1) is 15.4. The molecule has 2 saturated heterocycles. The van der Waals surface area contributed by atoms with Crippen molar-refractivity contribution in [1.29, 1.82) is 0 Å². The van der Waals surface area contributed by atoms with Crippen molar-refractivity contribution in [2.45, 2.75) is 25.4 Å². The summed E-state index contributed by atoms with van der Waals surface area (Å²) in [6.07, 6.45) is 1.91. The number of rotatable bonds is 6. The molecule has 4 rings (SSSR count). The number of nitrogens with one attached hydrogen (secondary N) is 2. The van der Waals surface area contributed by atoms with Crippen LogP contribution in [-0.2, 0) is 11.3 Å². The van der Waals surface area contributed by atoms with Gasteiger partial charge in [-0.25, -0.2) is 0 Å². The number of hydrogen-bond acceptors (Lipinski definition) is 8. The van der Waals surface area contributed by atoms with Crippen LogP contribution in [0.25, 0.3) is 0 Å². The van der Waals surface area contributed by atoms with Gasteiger partial charge < -0.3 is 26.2 Å². The SMILES string of the molecule is NC(=O)c1nnc(N2CCN(C(=O)[C@H]3CCCN3)CC2)nc1NCc1ccc(Cl)cc1Cl. The van der Waals surface area contributed by atoms with Crippen molar-refractivity contribution in [1.82, 2.24) is 25.4 Å². The molecule has 1 aromatic carbocycles. The molecule has 170 valence electrons. The number of carbonyl (C=O) groups is 2. The fourth-order valence-electron chi connectivity index (χ4n) is 3.83. The van der Waals surface area contributed by atoms with Crippen LogP contribution in [0.1, 0.15) is 28.9 Å². The van der Waals surface area contributed by atoms with E-state index in [1.807, 2.05) is 9.80 Å². The minimum Gasteiger partial charge on any atom is -0.364 e. The molecule has 2 aromatic rings. The van der Waals surface area contributed by atoms with E-state index in [-0.39, 0.29) is 23.5 Å². The molecule has 2 fully saturated rings. The molecule has 3 heterocycles. The van der Waals surface area contributed by atoms with Crippen LogP contribution in [0, 0.1) is 0 Å². The Kier molecular flexibility index (Phi) is 6.92. The van der Waals surface area contributed by atoms with Crippen LogP contribution in [0.3, 0.4) is 0 Å². The Bertz CT molecular complexity index is 1010. The molecule has 2 amide bonds. The average molecular weight is 479 g/mol. The number of aromatic nitrogens is 3. The van der Waals surface area contributed by atoms with Crippen LogP contribution in [0.15, 0.2) is 18.2 Å². The van der Waals surface area contributed by atoms with Crippen LogP contribution in [0.2, 0.25) is 10.0 Å². The number of piperazine rings is 1. The second-order valence-electron chi connectivity index (χ2n) is 7.72. The Labute approximate surface area is 195 Å². The molecule has 0 aliphatic carbocycles. The minimum absolute atomic E-state index is 0.0556. The van der Waals surface area contributed by atoms with Gasteiger partial charge in [-0.05, 0) is 37.1 Å². The second kappa shape index (κ2) is 9.85. The number of nitrogens with two attached hydrogens (primary N) is 1. The Balaban J connectivity index is 1.44. The summed E-state index contributed by atoms with van der Waals surface area (Å²) >= 11 is 12.2. The zero-order valence-corrected chi connectivity index (χ0v) is 18.9. The largest absolute Gasteiger partial charge is 0.364 e. The highest BCUT2D eigenvalue weighted by atomic mass is 35.5. The maximum Gasteiger partial charge on any atom is 0.273 e. The summed E-state index contributed by atoms with van der Waals surface area (Å²) in [5.41, 5.74) is 6.17. The molecule has 2 aliphatic rings. The normalized spacial score (nSPS) is 18.6. The molecule has 0 bridgehead atoms.